The smallest absolute Gasteiger partial charge is 0.339 e. The molecule has 0 bridgehead atoms. The van der Waals surface area contributed by atoms with Gasteiger partial charge in [-0.2, -0.15) is 0 Å². The van der Waals surface area contributed by atoms with Gasteiger partial charge in [-0.25, -0.2) is 4.79 Å². The zero-order valence-electron chi connectivity index (χ0n) is 20.8. The maximum absolute atomic E-state index is 13.1. The molecule has 3 aromatic carbocycles. The molecule has 176 valence electrons. The van der Waals surface area contributed by atoms with Gasteiger partial charge in [0.2, 0.25) is 0 Å². The summed E-state index contributed by atoms with van der Waals surface area (Å²) in [5.74, 6) is -0.478. The van der Waals surface area contributed by atoms with E-state index in [-0.39, 0.29) is 5.56 Å². The van der Waals surface area contributed by atoms with Gasteiger partial charge in [-0.15, -0.1) is 0 Å². The Hall–Kier alpha value is -3.44. The lowest BCUT2D eigenvalue weighted by atomic mass is 9.84. The predicted octanol–water partition coefficient (Wildman–Crippen LogP) is 6.30. The van der Waals surface area contributed by atoms with Gasteiger partial charge < -0.3 is 14.5 Å². The summed E-state index contributed by atoms with van der Waals surface area (Å²) in [4.78, 5) is 29.1. The molecule has 0 saturated carbocycles. The van der Waals surface area contributed by atoms with E-state index in [4.69, 9.17) is 9.47 Å². The number of fused-ring (bicyclic) bond motifs is 3. The number of aromatic amines is 1. The van der Waals surface area contributed by atoms with Gasteiger partial charge in [0, 0.05) is 16.3 Å². The Morgan fingerprint density at radius 2 is 1.53 bits per heavy atom. The molecule has 0 unspecified atom stereocenters. The number of carbonyl (C=O) groups is 1. The molecule has 0 fully saturated rings. The van der Waals surface area contributed by atoms with Crippen molar-refractivity contribution in [2.24, 2.45) is 0 Å². The number of hydrogen-bond acceptors (Lipinski definition) is 4. The highest BCUT2D eigenvalue weighted by atomic mass is 16.6. The fourth-order valence-corrected chi connectivity index (χ4v) is 4.70. The van der Waals surface area contributed by atoms with Gasteiger partial charge in [0.05, 0.1) is 18.2 Å². The van der Waals surface area contributed by atoms with Crippen molar-refractivity contribution in [2.75, 3.05) is 7.11 Å². The summed E-state index contributed by atoms with van der Waals surface area (Å²) in [6.45, 7) is 11.7. The number of aryl methyl sites for hydroxylation is 3. The molecule has 34 heavy (non-hydrogen) atoms. The molecule has 1 heterocycles. The number of methoxy groups -OCH3 is 1. The Kier molecular flexibility index (Phi) is 6.09. The van der Waals surface area contributed by atoms with Crippen LogP contribution in [0.3, 0.4) is 0 Å². The molecule has 5 nitrogen and oxygen atoms in total. The molecule has 1 N–H and O–H groups in total. The highest BCUT2D eigenvalue weighted by molar-refractivity contribution is 6.11. The topological polar surface area (TPSA) is 68.4 Å². The van der Waals surface area contributed by atoms with Crippen molar-refractivity contribution in [3.8, 4) is 11.1 Å². The number of aromatic nitrogens is 1. The van der Waals surface area contributed by atoms with Gasteiger partial charge in [0.15, 0.2) is 6.10 Å². The number of ether oxygens (including phenoxy) is 2. The summed E-state index contributed by atoms with van der Waals surface area (Å²) in [6, 6.07) is 15.9. The first-order chi connectivity index (χ1) is 16.0. The standard InChI is InChI=1S/C29H31NO4/c1-16-12-14-19(15-13-16)22-17(2)23-20-10-8-9-11-21(20)27(31)30-25(23)18(3)24(22)26(28(32)33-7)34-29(4,5)6/h8-15,26H,1-7H3,(H,30,31)/t26-/m0/s1. The molecule has 4 aromatic rings. The van der Waals surface area contributed by atoms with E-state index >= 15 is 0 Å². The van der Waals surface area contributed by atoms with Crippen LogP contribution in [-0.2, 0) is 14.3 Å². The Morgan fingerprint density at radius 1 is 0.912 bits per heavy atom. The zero-order valence-corrected chi connectivity index (χ0v) is 20.8. The van der Waals surface area contributed by atoms with E-state index in [0.29, 0.717) is 16.5 Å². The Balaban J connectivity index is 2.22. The predicted molar refractivity (Wildman–Crippen MR) is 137 cm³/mol. The summed E-state index contributed by atoms with van der Waals surface area (Å²) in [5, 5.41) is 2.48. The van der Waals surface area contributed by atoms with Crippen LogP contribution in [0, 0.1) is 20.8 Å². The average Bonchev–Trinajstić information content (AvgIpc) is 2.79. The van der Waals surface area contributed by atoms with Gasteiger partial charge in [-0.1, -0.05) is 48.0 Å². The number of H-pyrrole nitrogens is 1. The van der Waals surface area contributed by atoms with Crippen molar-refractivity contribution in [2.45, 2.75) is 53.2 Å². The monoisotopic (exact) mass is 457 g/mol. The lowest BCUT2D eigenvalue weighted by Gasteiger charge is -2.30. The van der Waals surface area contributed by atoms with Crippen molar-refractivity contribution in [3.05, 3.63) is 81.1 Å². The lowest BCUT2D eigenvalue weighted by molar-refractivity contribution is -0.164. The number of rotatable bonds is 4. The minimum Gasteiger partial charge on any atom is -0.467 e. The maximum Gasteiger partial charge on any atom is 0.339 e. The number of pyridine rings is 1. The molecule has 0 radical (unpaired) electrons. The third kappa shape index (κ3) is 4.12. The van der Waals surface area contributed by atoms with Crippen LogP contribution in [0.4, 0.5) is 0 Å². The highest BCUT2D eigenvalue weighted by Crippen LogP contribution is 2.43. The fraction of sp³-hybridized carbons (Fsp3) is 0.310. The Labute approximate surface area is 199 Å². The average molecular weight is 458 g/mol. The molecule has 1 atom stereocenters. The molecule has 5 heteroatoms. The number of carbonyl (C=O) groups excluding carboxylic acids is 1. The molecule has 0 saturated heterocycles. The number of nitrogens with one attached hydrogen (secondary N) is 1. The van der Waals surface area contributed by atoms with Gasteiger partial charge in [0.25, 0.3) is 5.56 Å². The Bertz CT molecular complexity index is 1460. The second-order valence-electron chi connectivity index (χ2n) is 9.79. The van der Waals surface area contributed by atoms with Crippen molar-refractivity contribution in [1.82, 2.24) is 4.98 Å². The van der Waals surface area contributed by atoms with E-state index in [1.54, 1.807) is 0 Å². The second kappa shape index (κ2) is 8.73. The van der Waals surface area contributed by atoms with Crippen molar-refractivity contribution in [3.63, 3.8) is 0 Å². The van der Waals surface area contributed by atoms with E-state index in [2.05, 4.69) is 29.2 Å². The normalized spacial score (nSPS) is 12.8. The summed E-state index contributed by atoms with van der Waals surface area (Å²) < 4.78 is 11.5. The molecule has 0 aliphatic rings. The van der Waals surface area contributed by atoms with Crippen molar-refractivity contribution < 1.29 is 14.3 Å². The summed E-state index contributed by atoms with van der Waals surface area (Å²) in [6.07, 6.45) is -0.959. The van der Waals surface area contributed by atoms with E-state index in [0.717, 1.165) is 38.6 Å². The molecule has 0 amide bonds. The first-order valence-corrected chi connectivity index (χ1v) is 11.4. The van der Waals surface area contributed by atoms with E-state index in [1.165, 1.54) is 7.11 Å². The third-order valence-electron chi connectivity index (χ3n) is 6.22. The van der Waals surface area contributed by atoms with Crippen LogP contribution in [0.5, 0.6) is 0 Å². The van der Waals surface area contributed by atoms with Crippen LogP contribution in [0.2, 0.25) is 0 Å². The third-order valence-corrected chi connectivity index (χ3v) is 6.22. The second-order valence-corrected chi connectivity index (χ2v) is 9.79. The van der Waals surface area contributed by atoms with Crippen molar-refractivity contribution >= 4 is 27.6 Å². The summed E-state index contributed by atoms with van der Waals surface area (Å²) in [5.41, 5.74) is 5.45. The zero-order chi connectivity index (χ0) is 24.8. The van der Waals surface area contributed by atoms with Crippen LogP contribution in [-0.4, -0.2) is 23.7 Å². The largest absolute Gasteiger partial charge is 0.467 e. The highest BCUT2D eigenvalue weighted by Gasteiger charge is 2.33. The minimum atomic E-state index is -0.959. The number of hydrogen-bond donors (Lipinski definition) is 1. The first kappa shape index (κ1) is 23.7. The summed E-state index contributed by atoms with van der Waals surface area (Å²) in [7, 11) is 1.37. The van der Waals surface area contributed by atoms with E-state index < -0.39 is 17.7 Å². The molecule has 0 aliphatic carbocycles. The van der Waals surface area contributed by atoms with Gasteiger partial charge in [0.1, 0.15) is 0 Å². The van der Waals surface area contributed by atoms with Crippen LogP contribution >= 0.6 is 0 Å². The lowest BCUT2D eigenvalue weighted by Crippen LogP contribution is -2.29. The minimum absolute atomic E-state index is 0.161. The SMILES string of the molecule is COC(=O)[C@@H](OC(C)(C)C)c1c(-c2ccc(C)cc2)c(C)c2c([nH]c(=O)c3ccccc32)c1C. The molecule has 4 rings (SSSR count). The van der Waals surface area contributed by atoms with E-state index in [1.807, 2.05) is 65.8 Å². The molecule has 0 spiro atoms. The molecule has 1 aromatic heterocycles. The van der Waals surface area contributed by atoms with E-state index in [9.17, 15) is 9.59 Å². The van der Waals surface area contributed by atoms with Crippen LogP contribution in [0.25, 0.3) is 32.8 Å². The summed E-state index contributed by atoms with van der Waals surface area (Å²) >= 11 is 0. The van der Waals surface area contributed by atoms with Gasteiger partial charge in [-0.05, 0) is 75.2 Å². The molecular weight excluding hydrogens is 426 g/mol. The van der Waals surface area contributed by atoms with Crippen LogP contribution < -0.4 is 5.56 Å². The van der Waals surface area contributed by atoms with Crippen molar-refractivity contribution in [1.29, 1.82) is 0 Å². The fourth-order valence-electron chi connectivity index (χ4n) is 4.70. The maximum atomic E-state index is 13.1. The van der Waals surface area contributed by atoms with Gasteiger partial charge in [-0.3, -0.25) is 4.79 Å². The molecular formula is C29H31NO4. The first-order valence-electron chi connectivity index (χ1n) is 11.4. The quantitative estimate of drug-likeness (QED) is 0.288. The number of esters is 1. The van der Waals surface area contributed by atoms with Crippen LogP contribution in [0.1, 0.15) is 49.1 Å². The molecule has 0 aliphatic heterocycles. The number of benzene rings is 3. The Morgan fingerprint density at radius 3 is 2.12 bits per heavy atom. The van der Waals surface area contributed by atoms with Gasteiger partial charge >= 0.3 is 5.97 Å². The van der Waals surface area contributed by atoms with Crippen LogP contribution in [0.15, 0.2) is 53.3 Å².